The minimum atomic E-state index is 0.195. The molecule has 1 aliphatic rings. The first-order chi connectivity index (χ1) is 5.41. The van der Waals surface area contributed by atoms with E-state index in [-0.39, 0.29) is 13.2 Å². The first-order valence-electron chi connectivity index (χ1n) is 3.57. The molecule has 11 heavy (non-hydrogen) atoms. The number of aliphatic hydroxyl groups is 2. The molecule has 0 unspecified atom stereocenters. The molecule has 0 amide bonds. The van der Waals surface area contributed by atoms with Gasteiger partial charge < -0.3 is 10.2 Å². The topological polar surface area (TPSA) is 40.5 Å². The lowest BCUT2D eigenvalue weighted by Crippen LogP contribution is -1.85. The Bertz CT molecular complexity index is 86.4. The van der Waals surface area contributed by atoms with Crippen LogP contribution in [0.1, 0.15) is 12.8 Å². The van der Waals surface area contributed by atoms with Crippen LogP contribution < -0.4 is 0 Å². The molecule has 0 saturated heterocycles. The van der Waals surface area contributed by atoms with Crippen LogP contribution in [0, 0.1) is 0 Å². The van der Waals surface area contributed by atoms with Crippen LogP contribution in [0.5, 0.6) is 0 Å². The molecule has 1 aliphatic heterocycles. The maximum Gasteiger partial charge on any atom is 0.0431 e. The third kappa shape index (κ3) is 10.4. The zero-order valence-corrected chi connectivity index (χ0v) is 8.03. The number of rotatable bonds is 3. The largest absolute Gasteiger partial charge is 0.396 e. The first kappa shape index (κ1) is 11.4. The molecule has 1 heterocycles. The van der Waals surface area contributed by atoms with Gasteiger partial charge in [0.25, 0.3) is 0 Å². The molecule has 4 heteroatoms. The lowest BCUT2D eigenvalue weighted by molar-refractivity contribution is 0.242. The minimum absolute atomic E-state index is 0.195. The molecule has 0 aromatic heterocycles. The lowest BCUT2D eigenvalue weighted by atomic mass is 10.3. The van der Waals surface area contributed by atoms with E-state index in [0.717, 1.165) is 12.8 Å². The van der Waals surface area contributed by atoms with E-state index in [1.54, 1.807) is 0 Å². The summed E-state index contributed by atoms with van der Waals surface area (Å²) >= 11 is 0. The standard InChI is InChI=1S/C4H10O2.C3H4S2/c5-3-1-2-4-6;1-2-4-5-3-1/h5-6H,1-4H2;1-2H,3H2. The van der Waals surface area contributed by atoms with Crippen LogP contribution in [0.4, 0.5) is 0 Å². The summed E-state index contributed by atoms with van der Waals surface area (Å²) in [6.45, 7) is 0.390. The van der Waals surface area contributed by atoms with Gasteiger partial charge in [0.15, 0.2) is 0 Å². The summed E-state index contributed by atoms with van der Waals surface area (Å²) in [5.41, 5.74) is 0. The van der Waals surface area contributed by atoms with Crippen molar-refractivity contribution in [3.8, 4) is 0 Å². The zero-order chi connectivity index (χ0) is 8.36. The molecule has 0 aromatic carbocycles. The molecular formula is C7H14O2S2. The highest BCUT2D eigenvalue weighted by Crippen LogP contribution is 2.27. The van der Waals surface area contributed by atoms with Crippen LogP contribution >= 0.6 is 21.6 Å². The van der Waals surface area contributed by atoms with Crippen LogP contribution in [0.25, 0.3) is 0 Å². The number of aliphatic hydroxyl groups excluding tert-OH is 2. The van der Waals surface area contributed by atoms with E-state index < -0.39 is 0 Å². The van der Waals surface area contributed by atoms with Crippen molar-refractivity contribution < 1.29 is 10.2 Å². The molecule has 0 spiro atoms. The smallest absolute Gasteiger partial charge is 0.0431 e. The molecule has 0 radical (unpaired) electrons. The molecule has 0 bridgehead atoms. The molecule has 0 saturated carbocycles. The molecule has 0 aliphatic carbocycles. The highest BCUT2D eigenvalue weighted by atomic mass is 33.1. The van der Waals surface area contributed by atoms with Crippen LogP contribution in [-0.4, -0.2) is 29.2 Å². The van der Waals surface area contributed by atoms with Gasteiger partial charge in [-0.1, -0.05) is 27.7 Å². The van der Waals surface area contributed by atoms with Crippen molar-refractivity contribution in [3.63, 3.8) is 0 Å². The van der Waals surface area contributed by atoms with Gasteiger partial charge in [0.05, 0.1) is 0 Å². The van der Waals surface area contributed by atoms with E-state index in [0.29, 0.717) is 0 Å². The van der Waals surface area contributed by atoms with Crippen molar-refractivity contribution in [1.82, 2.24) is 0 Å². The Labute approximate surface area is 75.5 Å². The van der Waals surface area contributed by atoms with E-state index in [1.165, 1.54) is 5.75 Å². The van der Waals surface area contributed by atoms with Gasteiger partial charge in [-0.15, -0.1) is 0 Å². The summed E-state index contributed by atoms with van der Waals surface area (Å²) in [5, 5.41) is 18.3. The highest BCUT2D eigenvalue weighted by Gasteiger charge is 1.85. The minimum Gasteiger partial charge on any atom is -0.396 e. The van der Waals surface area contributed by atoms with Gasteiger partial charge in [-0.3, -0.25) is 0 Å². The first-order valence-corrected chi connectivity index (χ1v) is 5.95. The molecule has 2 N–H and O–H groups in total. The van der Waals surface area contributed by atoms with E-state index in [9.17, 15) is 0 Å². The normalized spacial score (nSPS) is 14.4. The Morgan fingerprint density at radius 2 is 1.82 bits per heavy atom. The van der Waals surface area contributed by atoms with E-state index in [1.807, 2.05) is 21.6 Å². The molecule has 2 nitrogen and oxygen atoms in total. The Kier molecular flexibility index (Phi) is 10.7. The second-order valence-corrected chi connectivity index (χ2v) is 4.22. The fourth-order valence-electron chi connectivity index (χ4n) is 0.420. The quantitative estimate of drug-likeness (QED) is 0.529. The Hall–Kier alpha value is 0.360. The van der Waals surface area contributed by atoms with Crippen LogP contribution in [0.2, 0.25) is 0 Å². The summed E-state index contributed by atoms with van der Waals surface area (Å²) in [6.07, 6.45) is 3.60. The third-order valence-electron chi connectivity index (χ3n) is 0.950. The van der Waals surface area contributed by atoms with Gasteiger partial charge >= 0.3 is 0 Å². The van der Waals surface area contributed by atoms with Gasteiger partial charge in [0.2, 0.25) is 0 Å². The molecule has 0 atom stereocenters. The van der Waals surface area contributed by atoms with Crippen molar-refractivity contribution in [2.45, 2.75) is 12.8 Å². The van der Waals surface area contributed by atoms with Crippen molar-refractivity contribution >= 4 is 21.6 Å². The van der Waals surface area contributed by atoms with Gasteiger partial charge in [-0.2, -0.15) is 0 Å². The van der Waals surface area contributed by atoms with E-state index in [4.69, 9.17) is 10.2 Å². The number of hydrogen-bond acceptors (Lipinski definition) is 4. The predicted octanol–water partition coefficient (Wildman–Crippen LogP) is 1.65. The second kappa shape index (κ2) is 10.4. The van der Waals surface area contributed by atoms with Crippen molar-refractivity contribution in [1.29, 1.82) is 0 Å². The summed E-state index contributed by atoms with van der Waals surface area (Å²) in [7, 11) is 3.69. The molecule has 0 fully saturated rings. The summed E-state index contributed by atoms with van der Waals surface area (Å²) in [5.74, 6) is 1.20. The van der Waals surface area contributed by atoms with Gasteiger partial charge in [0.1, 0.15) is 0 Å². The van der Waals surface area contributed by atoms with Gasteiger partial charge in [-0.05, 0) is 18.2 Å². The number of hydrogen-bond donors (Lipinski definition) is 2. The van der Waals surface area contributed by atoms with Crippen molar-refractivity contribution in [2.75, 3.05) is 19.0 Å². The van der Waals surface area contributed by atoms with Crippen LogP contribution in [-0.2, 0) is 0 Å². The highest BCUT2D eigenvalue weighted by molar-refractivity contribution is 8.78. The van der Waals surface area contributed by atoms with E-state index in [2.05, 4.69) is 11.5 Å². The molecule has 1 rings (SSSR count). The summed E-state index contributed by atoms with van der Waals surface area (Å²) in [4.78, 5) is 0. The Morgan fingerprint density at radius 3 is 2.00 bits per heavy atom. The monoisotopic (exact) mass is 194 g/mol. The fourth-order valence-corrected chi connectivity index (χ4v) is 1.99. The van der Waals surface area contributed by atoms with Crippen molar-refractivity contribution in [2.24, 2.45) is 0 Å². The molecule has 66 valence electrons. The molecular weight excluding hydrogens is 180 g/mol. The zero-order valence-electron chi connectivity index (χ0n) is 6.40. The fraction of sp³-hybridized carbons (Fsp3) is 0.714. The summed E-state index contributed by atoms with van der Waals surface area (Å²) in [6, 6.07) is 0. The lowest BCUT2D eigenvalue weighted by Gasteiger charge is -1.85. The third-order valence-corrected chi connectivity index (χ3v) is 2.87. The van der Waals surface area contributed by atoms with Crippen LogP contribution in [0.3, 0.4) is 0 Å². The van der Waals surface area contributed by atoms with Gasteiger partial charge in [0, 0.05) is 19.0 Å². The maximum absolute atomic E-state index is 8.09. The van der Waals surface area contributed by atoms with Crippen LogP contribution in [0.15, 0.2) is 11.5 Å². The number of unbranched alkanes of at least 4 members (excludes halogenated alkanes) is 1. The van der Waals surface area contributed by atoms with Crippen molar-refractivity contribution in [3.05, 3.63) is 11.5 Å². The van der Waals surface area contributed by atoms with E-state index >= 15 is 0 Å². The Balaban J connectivity index is 0.000000183. The predicted molar refractivity (Wildman–Crippen MR) is 52.6 cm³/mol. The maximum atomic E-state index is 8.09. The molecule has 0 aromatic rings. The second-order valence-electron chi connectivity index (χ2n) is 1.91. The van der Waals surface area contributed by atoms with Gasteiger partial charge in [-0.25, -0.2) is 0 Å². The average molecular weight is 194 g/mol. The SMILES string of the molecule is C1=CSSC1.OCCCCO. The summed E-state index contributed by atoms with van der Waals surface area (Å²) < 4.78 is 0. The average Bonchev–Trinajstić information content (AvgIpc) is 2.57. The Morgan fingerprint density at radius 1 is 1.18 bits per heavy atom.